The molecule has 0 radical (unpaired) electrons. The standard InChI is InChI=1S/C14H18N2O/c1-2-16(12-6-4-3-5-7-12)11-14-9-8-13(10-15)17-14/h3-9H,2,10-11,15H2,1H3. The SMILES string of the molecule is CCN(Cc1ccc(CN)o1)c1ccccc1. The summed E-state index contributed by atoms with van der Waals surface area (Å²) < 4.78 is 5.62. The highest BCUT2D eigenvalue weighted by atomic mass is 16.3. The van der Waals surface area contributed by atoms with E-state index in [0.717, 1.165) is 24.6 Å². The number of para-hydroxylation sites is 1. The first kappa shape index (κ1) is 11.7. The van der Waals surface area contributed by atoms with Gasteiger partial charge in [0.1, 0.15) is 11.5 Å². The van der Waals surface area contributed by atoms with Crippen LogP contribution in [0.15, 0.2) is 46.9 Å². The average molecular weight is 230 g/mol. The molecule has 0 aliphatic heterocycles. The minimum atomic E-state index is 0.456. The summed E-state index contributed by atoms with van der Waals surface area (Å²) in [5.41, 5.74) is 6.74. The van der Waals surface area contributed by atoms with Gasteiger partial charge in [-0.3, -0.25) is 0 Å². The normalized spacial score (nSPS) is 10.5. The van der Waals surface area contributed by atoms with Crippen LogP contribution in [0.5, 0.6) is 0 Å². The summed E-state index contributed by atoms with van der Waals surface area (Å²) in [6, 6.07) is 14.3. The molecule has 0 saturated carbocycles. The second kappa shape index (κ2) is 5.55. The van der Waals surface area contributed by atoms with Crippen LogP contribution in [0, 0.1) is 0 Å². The van der Waals surface area contributed by atoms with Crippen LogP contribution in [0.2, 0.25) is 0 Å². The van der Waals surface area contributed by atoms with Crippen molar-refractivity contribution in [3.63, 3.8) is 0 Å². The van der Waals surface area contributed by atoms with Crippen molar-refractivity contribution in [1.29, 1.82) is 0 Å². The van der Waals surface area contributed by atoms with Crippen LogP contribution in [-0.4, -0.2) is 6.54 Å². The second-order valence-electron chi connectivity index (χ2n) is 3.92. The fourth-order valence-electron chi connectivity index (χ4n) is 1.83. The molecule has 0 fully saturated rings. The van der Waals surface area contributed by atoms with Gasteiger partial charge in [-0.25, -0.2) is 0 Å². The fourth-order valence-corrected chi connectivity index (χ4v) is 1.83. The van der Waals surface area contributed by atoms with E-state index in [9.17, 15) is 0 Å². The molecule has 0 bridgehead atoms. The van der Waals surface area contributed by atoms with Crippen molar-refractivity contribution < 1.29 is 4.42 Å². The summed E-state index contributed by atoms with van der Waals surface area (Å²) in [5, 5.41) is 0. The Hall–Kier alpha value is -1.74. The predicted molar refractivity (Wildman–Crippen MR) is 69.8 cm³/mol. The van der Waals surface area contributed by atoms with E-state index in [-0.39, 0.29) is 0 Å². The first-order chi connectivity index (χ1) is 8.33. The van der Waals surface area contributed by atoms with Crippen molar-refractivity contribution in [2.24, 2.45) is 5.73 Å². The van der Waals surface area contributed by atoms with Crippen LogP contribution in [0.25, 0.3) is 0 Å². The Morgan fingerprint density at radius 2 is 1.76 bits per heavy atom. The largest absolute Gasteiger partial charge is 0.463 e. The number of nitrogens with zero attached hydrogens (tertiary/aromatic N) is 1. The minimum Gasteiger partial charge on any atom is -0.463 e. The van der Waals surface area contributed by atoms with Gasteiger partial charge in [-0.05, 0) is 31.2 Å². The Morgan fingerprint density at radius 1 is 1.06 bits per heavy atom. The lowest BCUT2D eigenvalue weighted by atomic mass is 10.2. The second-order valence-corrected chi connectivity index (χ2v) is 3.92. The van der Waals surface area contributed by atoms with E-state index in [4.69, 9.17) is 10.2 Å². The fraction of sp³-hybridized carbons (Fsp3) is 0.286. The van der Waals surface area contributed by atoms with E-state index in [1.807, 2.05) is 30.3 Å². The van der Waals surface area contributed by atoms with E-state index >= 15 is 0 Å². The highest BCUT2D eigenvalue weighted by Crippen LogP contribution is 2.17. The Morgan fingerprint density at radius 3 is 2.35 bits per heavy atom. The lowest BCUT2D eigenvalue weighted by molar-refractivity contribution is 0.463. The minimum absolute atomic E-state index is 0.456. The molecule has 3 nitrogen and oxygen atoms in total. The summed E-state index contributed by atoms with van der Waals surface area (Å²) in [4.78, 5) is 2.26. The first-order valence-electron chi connectivity index (χ1n) is 5.91. The third-order valence-electron chi connectivity index (χ3n) is 2.77. The zero-order valence-corrected chi connectivity index (χ0v) is 10.1. The van der Waals surface area contributed by atoms with Crippen LogP contribution in [0.4, 0.5) is 5.69 Å². The summed E-state index contributed by atoms with van der Waals surface area (Å²) in [5.74, 6) is 1.79. The van der Waals surface area contributed by atoms with Gasteiger partial charge in [-0.2, -0.15) is 0 Å². The van der Waals surface area contributed by atoms with Gasteiger partial charge in [0.05, 0.1) is 13.1 Å². The molecule has 2 rings (SSSR count). The predicted octanol–water partition coefficient (Wildman–Crippen LogP) is 2.76. The first-order valence-corrected chi connectivity index (χ1v) is 5.91. The Balaban J connectivity index is 2.10. The molecule has 1 aromatic heterocycles. The van der Waals surface area contributed by atoms with Gasteiger partial charge >= 0.3 is 0 Å². The quantitative estimate of drug-likeness (QED) is 0.858. The maximum absolute atomic E-state index is 5.62. The summed E-state index contributed by atoms with van der Waals surface area (Å²) >= 11 is 0. The zero-order chi connectivity index (χ0) is 12.1. The molecule has 90 valence electrons. The lowest BCUT2D eigenvalue weighted by Gasteiger charge is -2.21. The van der Waals surface area contributed by atoms with Gasteiger partial charge in [0.2, 0.25) is 0 Å². The molecular formula is C14H18N2O. The summed E-state index contributed by atoms with van der Waals surface area (Å²) in [7, 11) is 0. The molecule has 17 heavy (non-hydrogen) atoms. The van der Waals surface area contributed by atoms with E-state index in [0.29, 0.717) is 6.54 Å². The monoisotopic (exact) mass is 230 g/mol. The van der Waals surface area contributed by atoms with Crippen molar-refractivity contribution in [3.8, 4) is 0 Å². The number of nitrogens with two attached hydrogens (primary N) is 1. The van der Waals surface area contributed by atoms with Crippen molar-refractivity contribution in [1.82, 2.24) is 0 Å². The molecule has 3 heteroatoms. The van der Waals surface area contributed by atoms with Gasteiger partial charge in [0, 0.05) is 12.2 Å². The van der Waals surface area contributed by atoms with Crippen molar-refractivity contribution in [3.05, 3.63) is 54.0 Å². The molecule has 1 heterocycles. The molecule has 0 spiro atoms. The number of furan rings is 1. The third-order valence-corrected chi connectivity index (χ3v) is 2.77. The van der Waals surface area contributed by atoms with Gasteiger partial charge < -0.3 is 15.1 Å². The van der Waals surface area contributed by atoms with Crippen LogP contribution in [-0.2, 0) is 13.1 Å². The van der Waals surface area contributed by atoms with E-state index in [1.165, 1.54) is 5.69 Å². The van der Waals surface area contributed by atoms with Crippen LogP contribution in [0.3, 0.4) is 0 Å². The number of hydrogen-bond acceptors (Lipinski definition) is 3. The Labute approximate surface area is 102 Å². The molecule has 0 atom stereocenters. The van der Waals surface area contributed by atoms with Gasteiger partial charge in [-0.15, -0.1) is 0 Å². The number of hydrogen-bond donors (Lipinski definition) is 1. The van der Waals surface area contributed by atoms with Crippen LogP contribution in [0.1, 0.15) is 18.4 Å². The van der Waals surface area contributed by atoms with Crippen LogP contribution >= 0.6 is 0 Å². The van der Waals surface area contributed by atoms with Gasteiger partial charge in [0.25, 0.3) is 0 Å². The topological polar surface area (TPSA) is 42.4 Å². The molecule has 2 aromatic rings. The smallest absolute Gasteiger partial charge is 0.123 e. The van der Waals surface area contributed by atoms with E-state index in [1.54, 1.807) is 0 Å². The molecular weight excluding hydrogens is 212 g/mol. The lowest BCUT2D eigenvalue weighted by Crippen LogP contribution is -2.21. The molecule has 2 N–H and O–H groups in total. The Bertz CT molecular complexity index is 450. The Kier molecular flexibility index (Phi) is 3.83. The zero-order valence-electron chi connectivity index (χ0n) is 10.1. The molecule has 0 aliphatic rings. The van der Waals surface area contributed by atoms with E-state index in [2.05, 4.69) is 24.0 Å². The number of rotatable bonds is 5. The molecule has 0 saturated heterocycles. The molecule has 0 amide bonds. The van der Waals surface area contributed by atoms with Gasteiger partial charge in [-0.1, -0.05) is 18.2 Å². The van der Waals surface area contributed by atoms with Crippen molar-refractivity contribution in [2.75, 3.05) is 11.4 Å². The highest BCUT2D eigenvalue weighted by molar-refractivity contribution is 5.45. The van der Waals surface area contributed by atoms with Gasteiger partial charge in [0.15, 0.2) is 0 Å². The maximum Gasteiger partial charge on any atom is 0.123 e. The van der Waals surface area contributed by atoms with Crippen molar-refractivity contribution >= 4 is 5.69 Å². The van der Waals surface area contributed by atoms with Crippen LogP contribution < -0.4 is 10.6 Å². The number of anilines is 1. The number of benzene rings is 1. The molecule has 0 aliphatic carbocycles. The maximum atomic E-state index is 5.62. The van der Waals surface area contributed by atoms with E-state index < -0.39 is 0 Å². The molecule has 0 unspecified atom stereocenters. The summed E-state index contributed by atoms with van der Waals surface area (Å²) in [6.45, 7) is 4.32. The molecule has 1 aromatic carbocycles. The summed E-state index contributed by atoms with van der Waals surface area (Å²) in [6.07, 6.45) is 0. The third kappa shape index (κ3) is 2.88. The average Bonchev–Trinajstić information content (AvgIpc) is 2.84. The highest BCUT2D eigenvalue weighted by Gasteiger charge is 2.07. The van der Waals surface area contributed by atoms with Crippen molar-refractivity contribution in [2.45, 2.75) is 20.0 Å².